The molecule has 0 atom stereocenters. The highest BCUT2D eigenvalue weighted by molar-refractivity contribution is 5.50. The molecule has 2 aliphatic rings. The topological polar surface area (TPSA) is 70.1 Å². The third-order valence-corrected chi connectivity index (χ3v) is 7.18. The fourth-order valence-corrected chi connectivity index (χ4v) is 5.09. The normalized spacial score (nSPS) is 16.9. The summed E-state index contributed by atoms with van der Waals surface area (Å²) in [5.74, 6) is -0.462. The summed E-state index contributed by atoms with van der Waals surface area (Å²) in [5, 5.41) is 3.43. The molecule has 7 nitrogen and oxygen atoms in total. The maximum atomic E-state index is 13.7. The van der Waals surface area contributed by atoms with Gasteiger partial charge in [0, 0.05) is 44.8 Å². The number of rotatable bonds is 7. The number of alkyl halides is 3. The number of aryl methyl sites for hydroxylation is 2. The summed E-state index contributed by atoms with van der Waals surface area (Å²) >= 11 is 0. The second-order valence-corrected chi connectivity index (χ2v) is 9.95. The lowest BCUT2D eigenvalue weighted by Gasteiger charge is -2.36. The molecule has 0 bridgehead atoms. The predicted molar refractivity (Wildman–Crippen MR) is 138 cm³/mol. The van der Waals surface area contributed by atoms with Crippen LogP contribution in [0.5, 0.6) is 0 Å². The van der Waals surface area contributed by atoms with Crippen molar-refractivity contribution in [3.05, 3.63) is 65.1 Å². The van der Waals surface area contributed by atoms with E-state index >= 15 is 0 Å². The zero-order valence-corrected chi connectivity index (χ0v) is 21.4. The van der Waals surface area contributed by atoms with Crippen molar-refractivity contribution in [2.24, 2.45) is 0 Å². The monoisotopic (exact) mass is 547 g/mol. The van der Waals surface area contributed by atoms with E-state index in [0.29, 0.717) is 62.3 Å². The van der Waals surface area contributed by atoms with Gasteiger partial charge in [0.1, 0.15) is 11.6 Å². The Kier molecular flexibility index (Phi) is 8.08. The number of hydrogen-bond donors (Lipinski definition) is 1. The Bertz CT molecular complexity index is 1270. The molecule has 5 rings (SSSR count). The number of pyridine rings is 1. The zero-order valence-electron chi connectivity index (χ0n) is 21.4. The van der Waals surface area contributed by atoms with Gasteiger partial charge in [-0.05, 0) is 49.1 Å². The van der Waals surface area contributed by atoms with Crippen LogP contribution in [0.1, 0.15) is 49.1 Å². The second kappa shape index (κ2) is 11.7. The first-order valence-corrected chi connectivity index (χ1v) is 13.2. The van der Waals surface area contributed by atoms with Gasteiger partial charge >= 0.3 is 6.18 Å². The van der Waals surface area contributed by atoms with E-state index in [0.717, 1.165) is 37.8 Å². The summed E-state index contributed by atoms with van der Waals surface area (Å²) in [6.07, 6.45) is 3.20. The average molecular weight is 548 g/mol. The smallest absolute Gasteiger partial charge is 0.353 e. The first kappa shape index (κ1) is 27.0. The molecule has 2 aromatic heterocycles. The van der Waals surface area contributed by atoms with E-state index in [1.807, 2.05) is 4.90 Å². The van der Waals surface area contributed by atoms with Crippen LogP contribution >= 0.6 is 0 Å². The minimum atomic E-state index is -4.49. The molecule has 3 aromatic rings. The van der Waals surface area contributed by atoms with Gasteiger partial charge in [-0.15, -0.1) is 0 Å². The van der Waals surface area contributed by atoms with Crippen LogP contribution in [0.15, 0.2) is 36.5 Å². The summed E-state index contributed by atoms with van der Waals surface area (Å²) in [4.78, 5) is 21.5. The van der Waals surface area contributed by atoms with E-state index in [2.05, 4.69) is 25.3 Å². The maximum absolute atomic E-state index is 13.7. The minimum absolute atomic E-state index is 0.0767. The molecular weight excluding hydrogens is 517 g/mol. The third kappa shape index (κ3) is 6.72. The molecule has 1 N–H and O–H groups in total. The van der Waals surface area contributed by atoms with Gasteiger partial charge in [-0.25, -0.2) is 13.8 Å². The lowest BCUT2D eigenvalue weighted by Crippen LogP contribution is -2.48. The fourth-order valence-electron chi connectivity index (χ4n) is 5.09. The number of nitrogens with one attached hydrogen (secondary N) is 1. The lowest BCUT2D eigenvalue weighted by molar-refractivity contribution is -0.137. The van der Waals surface area contributed by atoms with E-state index < -0.39 is 23.4 Å². The van der Waals surface area contributed by atoms with Gasteiger partial charge in [0.05, 0.1) is 5.56 Å². The highest BCUT2D eigenvalue weighted by Crippen LogP contribution is 2.35. The molecule has 2 fully saturated rings. The van der Waals surface area contributed by atoms with Crippen molar-refractivity contribution >= 4 is 17.7 Å². The molecule has 1 saturated heterocycles. The zero-order chi connectivity index (χ0) is 27.4. The van der Waals surface area contributed by atoms with Crippen LogP contribution < -0.4 is 15.1 Å². The van der Waals surface area contributed by atoms with Gasteiger partial charge in [0.2, 0.25) is 11.9 Å². The SMILES string of the molecule is Fc1ccc(CCc2nc(NC3CCCCC3)nc(N3CCN(c4ncccc4C(F)(F)F)CC3)n2)cc1F. The Morgan fingerprint density at radius 3 is 2.31 bits per heavy atom. The van der Waals surface area contributed by atoms with Crippen LogP contribution in [0.25, 0.3) is 0 Å². The van der Waals surface area contributed by atoms with Crippen molar-refractivity contribution in [2.75, 3.05) is 41.3 Å². The average Bonchev–Trinajstić information content (AvgIpc) is 2.94. The Balaban J connectivity index is 1.33. The fraction of sp³-hybridized carbons (Fsp3) is 0.481. The molecule has 0 unspecified atom stereocenters. The summed E-state index contributed by atoms with van der Waals surface area (Å²) in [6, 6.07) is 6.40. The second-order valence-electron chi connectivity index (χ2n) is 9.95. The molecule has 1 aliphatic carbocycles. The molecule has 0 spiro atoms. The molecule has 208 valence electrons. The Morgan fingerprint density at radius 2 is 1.59 bits per heavy atom. The summed E-state index contributed by atoms with van der Waals surface area (Å²) in [7, 11) is 0. The van der Waals surface area contributed by atoms with Gasteiger partial charge in [-0.1, -0.05) is 25.3 Å². The molecular formula is C27H30F5N7. The quantitative estimate of drug-likeness (QED) is 0.396. The molecule has 0 amide bonds. The van der Waals surface area contributed by atoms with Gasteiger partial charge in [-0.2, -0.15) is 28.1 Å². The molecule has 1 aromatic carbocycles. The molecule has 3 heterocycles. The third-order valence-electron chi connectivity index (χ3n) is 7.18. The number of anilines is 3. The van der Waals surface area contributed by atoms with Gasteiger partial charge in [0.15, 0.2) is 11.6 Å². The highest BCUT2D eigenvalue weighted by atomic mass is 19.4. The Hall–Kier alpha value is -3.57. The highest BCUT2D eigenvalue weighted by Gasteiger charge is 2.36. The van der Waals surface area contributed by atoms with Crippen molar-refractivity contribution < 1.29 is 22.0 Å². The van der Waals surface area contributed by atoms with Gasteiger partial charge < -0.3 is 15.1 Å². The minimum Gasteiger partial charge on any atom is -0.353 e. The molecule has 39 heavy (non-hydrogen) atoms. The first-order chi connectivity index (χ1) is 18.8. The summed E-state index contributed by atoms with van der Waals surface area (Å²) < 4.78 is 67.5. The van der Waals surface area contributed by atoms with E-state index in [4.69, 9.17) is 0 Å². The van der Waals surface area contributed by atoms with Crippen LogP contribution in [0.4, 0.5) is 39.7 Å². The van der Waals surface area contributed by atoms with Crippen LogP contribution in [-0.4, -0.2) is 52.2 Å². The largest absolute Gasteiger partial charge is 0.419 e. The van der Waals surface area contributed by atoms with Crippen molar-refractivity contribution in [1.82, 2.24) is 19.9 Å². The Morgan fingerprint density at radius 1 is 0.846 bits per heavy atom. The first-order valence-electron chi connectivity index (χ1n) is 13.2. The molecule has 1 saturated carbocycles. The standard InChI is InChI=1S/C27H30F5N7/c28-21-10-8-18(17-22(21)29)9-11-23-35-25(34-19-5-2-1-3-6-19)37-26(36-23)39-15-13-38(14-16-39)24-20(27(30,31)32)7-4-12-33-24/h4,7-8,10,12,17,19H,1-3,5-6,9,11,13-16H2,(H,34,35,36,37). The molecule has 1 aliphatic heterocycles. The molecule has 0 radical (unpaired) electrons. The summed E-state index contributed by atoms with van der Waals surface area (Å²) in [6.45, 7) is 1.45. The van der Waals surface area contributed by atoms with Crippen LogP contribution in [-0.2, 0) is 19.0 Å². The van der Waals surface area contributed by atoms with Crippen molar-refractivity contribution in [2.45, 2.75) is 57.2 Å². The van der Waals surface area contributed by atoms with Crippen molar-refractivity contribution in [3.63, 3.8) is 0 Å². The van der Waals surface area contributed by atoms with E-state index in [1.54, 1.807) is 4.90 Å². The van der Waals surface area contributed by atoms with Crippen LogP contribution in [0.2, 0.25) is 0 Å². The number of benzene rings is 1. The maximum Gasteiger partial charge on any atom is 0.419 e. The van der Waals surface area contributed by atoms with Gasteiger partial charge in [0.25, 0.3) is 0 Å². The summed E-state index contributed by atoms with van der Waals surface area (Å²) in [5.41, 5.74) is -0.126. The van der Waals surface area contributed by atoms with E-state index in [-0.39, 0.29) is 11.9 Å². The lowest BCUT2D eigenvalue weighted by atomic mass is 9.96. The number of halogens is 5. The Labute approximate surface area is 223 Å². The number of piperazine rings is 1. The number of nitrogens with zero attached hydrogens (tertiary/aromatic N) is 6. The van der Waals surface area contributed by atoms with E-state index in [1.165, 1.54) is 30.8 Å². The van der Waals surface area contributed by atoms with Gasteiger partial charge in [-0.3, -0.25) is 0 Å². The van der Waals surface area contributed by atoms with Crippen LogP contribution in [0.3, 0.4) is 0 Å². The molecule has 12 heteroatoms. The van der Waals surface area contributed by atoms with Crippen molar-refractivity contribution in [1.29, 1.82) is 0 Å². The van der Waals surface area contributed by atoms with E-state index in [9.17, 15) is 22.0 Å². The predicted octanol–water partition coefficient (Wildman–Crippen LogP) is 5.42. The number of aromatic nitrogens is 4. The van der Waals surface area contributed by atoms with Crippen LogP contribution in [0, 0.1) is 11.6 Å². The van der Waals surface area contributed by atoms with Crippen molar-refractivity contribution in [3.8, 4) is 0 Å². The number of hydrogen-bond acceptors (Lipinski definition) is 7.